The van der Waals surface area contributed by atoms with Crippen LogP contribution in [-0.2, 0) is 10.2 Å². The fourth-order valence-corrected chi connectivity index (χ4v) is 2.86. The quantitative estimate of drug-likeness (QED) is 0.898. The summed E-state index contributed by atoms with van der Waals surface area (Å²) in [6.45, 7) is 0. The number of carboxylic acid groups (broad SMARTS) is 1. The lowest BCUT2D eigenvalue weighted by atomic mass is 9.78. The zero-order chi connectivity index (χ0) is 13.3. The average Bonchev–Trinajstić information content (AvgIpc) is 2.79. The Morgan fingerprint density at radius 2 is 1.94 bits per heavy atom. The highest BCUT2D eigenvalue weighted by Crippen LogP contribution is 2.45. The highest BCUT2D eigenvalue weighted by molar-refractivity contribution is 5.84. The molecule has 0 spiro atoms. The standard InChI is InChI=1S/C14H18FNO2/c1-16(2)12-9-10(15)5-6-11(12)14(13(17)18)7-3-4-8-14/h5-6,9H,3-4,7-8H2,1-2H3,(H,17,18). The molecule has 2 rings (SSSR count). The molecule has 98 valence electrons. The molecule has 3 nitrogen and oxygen atoms in total. The molecule has 1 fully saturated rings. The van der Waals surface area contributed by atoms with Crippen molar-refractivity contribution in [3.63, 3.8) is 0 Å². The van der Waals surface area contributed by atoms with Crippen molar-refractivity contribution in [1.82, 2.24) is 0 Å². The Hall–Kier alpha value is -1.58. The Morgan fingerprint density at radius 3 is 2.44 bits per heavy atom. The maximum Gasteiger partial charge on any atom is 0.314 e. The molecule has 1 aliphatic carbocycles. The van der Waals surface area contributed by atoms with Crippen LogP contribution < -0.4 is 4.90 Å². The molecule has 1 aromatic carbocycles. The van der Waals surface area contributed by atoms with E-state index in [2.05, 4.69) is 0 Å². The third-order valence-corrected chi connectivity index (χ3v) is 3.82. The van der Waals surface area contributed by atoms with Gasteiger partial charge in [-0.15, -0.1) is 0 Å². The summed E-state index contributed by atoms with van der Waals surface area (Å²) in [6, 6.07) is 4.40. The van der Waals surface area contributed by atoms with E-state index in [-0.39, 0.29) is 5.82 Å². The van der Waals surface area contributed by atoms with Gasteiger partial charge in [-0.1, -0.05) is 18.9 Å². The van der Waals surface area contributed by atoms with Crippen LogP contribution in [0.4, 0.5) is 10.1 Å². The van der Waals surface area contributed by atoms with Crippen LogP contribution in [0, 0.1) is 5.82 Å². The number of nitrogens with zero attached hydrogens (tertiary/aromatic N) is 1. The molecular weight excluding hydrogens is 233 g/mol. The van der Waals surface area contributed by atoms with Crippen LogP contribution in [0.15, 0.2) is 18.2 Å². The Bertz CT molecular complexity index is 465. The van der Waals surface area contributed by atoms with Gasteiger partial charge in [-0.2, -0.15) is 0 Å². The summed E-state index contributed by atoms with van der Waals surface area (Å²) >= 11 is 0. The lowest BCUT2D eigenvalue weighted by molar-refractivity contribution is -0.143. The van der Waals surface area contributed by atoms with Crippen LogP contribution >= 0.6 is 0 Å². The van der Waals surface area contributed by atoms with E-state index in [0.29, 0.717) is 18.5 Å². The van der Waals surface area contributed by atoms with Crippen molar-refractivity contribution in [3.8, 4) is 0 Å². The molecule has 0 bridgehead atoms. The minimum Gasteiger partial charge on any atom is -0.481 e. The normalized spacial score (nSPS) is 17.7. The predicted octanol–water partition coefficient (Wildman–Crippen LogP) is 2.79. The molecule has 0 heterocycles. The van der Waals surface area contributed by atoms with Gasteiger partial charge >= 0.3 is 5.97 Å². The molecule has 18 heavy (non-hydrogen) atoms. The van der Waals surface area contributed by atoms with Crippen molar-refractivity contribution in [2.75, 3.05) is 19.0 Å². The molecule has 0 radical (unpaired) electrons. The van der Waals surface area contributed by atoms with Crippen LogP contribution in [-0.4, -0.2) is 25.2 Å². The molecule has 1 saturated carbocycles. The Kier molecular flexibility index (Phi) is 3.28. The lowest BCUT2D eigenvalue weighted by Crippen LogP contribution is -2.34. The molecule has 0 aliphatic heterocycles. The maximum absolute atomic E-state index is 13.3. The van der Waals surface area contributed by atoms with Gasteiger partial charge in [0.25, 0.3) is 0 Å². The fraction of sp³-hybridized carbons (Fsp3) is 0.500. The third kappa shape index (κ3) is 1.96. The molecule has 0 aromatic heterocycles. The number of hydrogen-bond donors (Lipinski definition) is 1. The zero-order valence-electron chi connectivity index (χ0n) is 10.7. The van der Waals surface area contributed by atoms with Crippen LogP contribution in [0.5, 0.6) is 0 Å². The molecular formula is C14H18FNO2. The van der Waals surface area contributed by atoms with E-state index in [1.54, 1.807) is 11.0 Å². The number of benzene rings is 1. The van der Waals surface area contributed by atoms with Gasteiger partial charge in [0.1, 0.15) is 5.82 Å². The SMILES string of the molecule is CN(C)c1cc(F)ccc1C1(C(=O)O)CCCC1. The molecule has 0 amide bonds. The van der Waals surface area contributed by atoms with Crippen LogP contribution in [0.2, 0.25) is 0 Å². The number of carboxylic acids is 1. The van der Waals surface area contributed by atoms with Crippen molar-refractivity contribution in [2.24, 2.45) is 0 Å². The highest BCUT2D eigenvalue weighted by atomic mass is 19.1. The molecule has 0 saturated heterocycles. The smallest absolute Gasteiger partial charge is 0.314 e. The summed E-state index contributed by atoms with van der Waals surface area (Å²) < 4.78 is 13.3. The van der Waals surface area contributed by atoms with Crippen molar-refractivity contribution < 1.29 is 14.3 Å². The summed E-state index contributed by atoms with van der Waals surface area (Å²) in [5, 5.41) is 9.58. The maximum atomic E-state index is 13.3. The van der Waals surface area contributed by atoms with Crippen LogP contribution in [0.25, 0.3) is 0 Å². The third-order valence-electron chi connectivity index (χ3n) is 3.82. The zero-order valence-corrected chi connectivity index (χ0v) is 10.7. The monoisotopic (exact) mass is 251 g/mol. The van der Waals surface area contributed by atoms with Crippen LogP contribution in [0.3, 0.4) is 0 Å². The lowest BCUT2D eigenvalue weighted by Gasteiger charge is -2.29. The van der Waals surface area contributed by atoms with Crippen LogP contribution in [0.1, 0.15) is 31.2 Å². The minimum atomic E-state index is -0.840. The summed E-state index contributed by atoms with van der Waals surface area (Å²) in [7, 11) is 3.62. The van der Waals surface area contributed by atoms with Gasteiger partial charge in [0.15, 0.2) is 0 Å². The Balaban J connectivity index is 2.58. The van der Waals surface area contributed by atoms with Gasteiger partial charge in [-0.25, -0.2) is 4.39 Å². The van der Waals surface area contributed by atoms with E-state index in [1.807, 2.05) is 14.1 Å². The summed E-state index contributed by atoms with van der Waals surface area (Å²) in [5.74, 6) is -1.13. The van der Waals surface area contributed by atoms with Gasteiger partial charge in [0.05, 0.1) is 5.41 Å². The van der Waals surface area contributed by atoms with Gasteiger partial charge in [0.2, 0.25) is 0 Å². The second kappa shape index (κ2) is 4.59. The van der Waals surface area contributed by atoms with Crippen molar-refractivity contribution in [3.05, 3.63) is 29.6 Å². The first-order valence-electron chi connectivity index (χ1n) is 6.18. The molecule has 4 heteroatoms. The largest absolute Gasteiger partial charge is 0.481 e. The van der Waals surface area contributed by atoms with E-state index in [9.17, 15) is 14.3 Å². The summed E-state index contributed by atoms with van der Waals surface area (Å²) in [5.41, 5.74) is 0.561. The van der Waals surface area contributed by atoms with E-state index < -0.39 is 11.4 Å². The first-order valence-corrected chi connectivity index (χ1v) is 6.18. The van der Waals surface area contributed by atoms with E-state index in [0.717, 1.165) is 18.4 Å². The van der Waals surface area contributed by atoms with E-state index in [4.69, 9.17) is 0 Å². The van der Waals surface area contributed by atoms with Crippen molar-refractivity contribution in [2.45, 2.75) is 31.1 Å². The summed E-state index contributed by atoms with van der Waals surface area (Å²) in [6.07, 6.45) is 3.09. The van der Waals surface area contributed by atoms with Gasteiger partial charge in [0, 0.05) is 19.8 Å². The number of rotatable bonds is 3. The molecule has 1 N–H and O–H groups in total. The minimum absolute atomic E-state index is 0.332. The molecule has 0 unspecified atom stereocenters. The Morgan fingerprint density at radius 1 is 1.33 bits per heavy atom. The number of halogens is 1. The Labute approximate surface area is 106 Å². The van der Waals surface area contributed by atoms with Crippen molar-refractivity contribution >= 4 is 11.7 Å². The van der Waals surface area contributed by atoms with Crippen molar-refractivity contribution in [1.29, 1.82) is 0 Å². The van der Waals surface area contributed by atoms with E-state index in [1.165, 1.54) is 12.1 Å². The summed E-state index contributed by atoms with van der Waals surface area (Å²) in [4.78, 5) is 13.5. The first-order chi connectivity index (χ1) is 8.47. The average molecular weight is 251 g/mol. The number of carbonyl (C=O) groups is 1. The predicted molar refractivity (Wildman–Crippen MR) is 68.5 cm³/mol. The molecule has 0 atom stereocenters. The van der Waals surface area contributed by atoms with Gasteiger partial charge in [-0.05, 0) is 30.5 Å². The second-order valence-electron chi connectivity index (χ2n) is 5.15. The molecule has 1 aliphatic rings. The number of aliphatic carboxylic acids is 1. The number of anilines is 1. The second-order valence-corrected chi connectivity index (χ2v) is 5.15. The topological polar surface area (TPSA) is 40.5 Å². The fourth-order valence-electron chi connectivity index (χ4n) is 2.86. The number of hydrogen-bond acceptors (Lipinski definition) is 2. The highest BCUT2D eigenvalue weighted by Gasteiger charge is 2.44. The van der Waals surface area contributed by atoms with Gasteiger partial charge in [-0.3, -0.25) is 4.79 Å². The molecule has 1 aromatic rings. The first kappa shape index (κ1) is 12.9. The van der Waals surface area contributed by atoms with Gasteiger partial charge < -0.3 is 10.0 Å². The van der Waals surface area contributed by atoms with E-state index >= 15 is 0 Å².